The number of hydrogen-bond donors (Lipinski definition) is 3. The lowest BCUT2D eigenvalue weighted by atomic mass is 9.82. The summed E-state index contributed by atoms with van der Waals surface area (Å²) >= 11 is 0. The van der Waals surface area contributed by atoms with Crippen LogP contribution >= 0.6 is 7.60 Å². The molecule has 19 heteroatoms. The molecule has 0 aromatic heterocycles. The Kier molecular flexibility index (Phi) is 15.5. The van der Waals surface area contributed by atoms with Gasteiger partial charge >= 0.3 is 31.2 Å². The standard InChI is InChI=1S/C38H56F2N5O11P/c1-9-10-11-28(30(47)27-16-18-44-21-37(27,44)31(48)45(19-17-41)34(42)51)43-29(46)20-24(2)25-12-14-26(15-13-25)38(39,40)57(52,55-22-53-32(49)35(3,4)5)56-23-54-33(50)36(6,7)8/h12-15,20,27-28H,9-11,16-19,21-23,41H2,1-8H3,(H2,42,51)(H,43,46)/b24-20+/t27?,28-,37-,44?/m0/s1. The second kappa shape index (κ2) is 18.7. The van der Waals surface area contributed by atoms with Crippen LogP contribution in [0, 0.1) is 16.7 Å². The first-order valence-corrected chi connectivity index (χ1v) is 20.2. The van der Waals surface area contributed by atoms with Crippen LogP contribution in [0.4, 0.5) is 13.6 Å². The van der Waals surface area contributed by atoms with Gasteiger partial charge in [-0.3, -0.25) is 47.4 Å². The second-order valence-electron chi connectivity index (χ2n) is 16.2. The number of rotatable bonds is 19. The SMILES string of the molecule is CCCC[C@H](NC(=O)/C=C(\C)c1ccc(C(F)(F)P(=O)(OCOC(=O)C(C)(C)C)OCOC(=O)C(C)(C)C)cc1)C(=O)C1CCN2C[C@@]12C(=O)N(CCN)C(N)=O. The van der Waals surface area contributed by atoms with Crippen LogP contribution in [0.5, 0.6) is 0 Å². The highest BCUT2D eigenvalue weighted by Crippen LogP contribution is 2.67. The first kappa shape index (κ1) is 47.3. The van der Waals surface area contributed by atoms with E-state index in [4.69, 9.17) is 30.0 Å². The normalized spacial score (nSPS) is 20.2. The minimum Gasteiger partial charge on any atom is -0.438 e. The molecular formula is C38H56F2N5O11P. The highest BCUT2D eigenvalue weighted by atomic mass is 31.2. The number of carbonyl (C=O) groups excluding carboxylic acids is 6. The maximum Gasteiger partial charge on any atom is 0.410 e. The zero-order valence-electron chi connectivity index (χ0n) is 33.9. The van der Waals surface area contributed by atoms with E-state index < -0.39 is 90.5 Å². The molecule has 0 saturated carbocycles. The van der Waals surface area contributed by atoms with Crippen LogP contribution in [0.15, 0.2) is 30.3 Å². The van der Waals surface area contributed by atoms with Gasteiger partial charge in [-0.25, -0.2) is 4.79 Å². The number of alkyl halides is 2. The number of benzene rings is 1. The van der Waals surface area contributed by atoms with Crippen LogP contribution in [0.3, 0.4) is 0 Å². The average molecular weight is 828 g/mol. The summed E-state index contributed by atoms with van der Waals surface area (Å²) in [6.07, 6.45) is 3.12. The second-order valence-corrected chi connectivity index (χ2v) is 18.3. The van der Waals surface area contributed by atoms with Gasteiger partial charge in [0.2, 0.25) is 19.5 Å². The molecule has 1 aromatic rings. The Morgan fingerprint density at radius 3 is 2.00 bits per heavy atom. The quantitative estimate of drug-likeness (QED) is 0.0569. The summed E-state index contributed by atoms with van der Waals surface area (Å²) in [6, 6.07) is 2.44. The Hall–Kier alpha value is -4.09. The summed E-state index contributed by atoms with van der Waals surface area (Å²) in [4.78, 5) is 80.0. The van der Waals surface area contributed by atoms with Crippen molar-refractivity contribution in [3.8, 4) is 0 Å². The van der Waals surface area contributed by atoms with E-state index in [2.05, 4.69) is 5.32 Å². The molecule has 5 N–H and O–H groups in total. The third kappa shape index (κ3) is 11.1. The Balaban J connectivity index is 1.80. The van der Waals surface area contributed by atoms with Crippen molar-refractivity contribution < 1.29 is 60.6 Å². The molecule has 2 aliphatic heterocycles. The first-order valence-electron chi connectivity index (χ1n) is 18.7. The van der Waals surface area contributed by atoms with Gasteiger partial charge in [0.05, 0.1) is 16.9 Å². The molecule has 16 nitrogen and oxygen atoms in total. The van der Waals surface area contributed by atoms with Crippen LogP contribution in [0.25, 0.3) is 5.57 Å². The van der Waals surface area contributed by atoms with Crippen molar-refractivity contribution in [3.05, 3.63) is 41.5 Å². The van der Waals surface area contributed by atoms with Gasteiger partial charge in [0, 0.05) is 43.7 Å². The molecule has 0 bridgehead atoms. The third-order valence-corrected chi connectivity index (χ3v) is 11.5. The fourth-order valence-electron chi connectivity index (χ4n) is 6.25. The van der Waals surface area contributed by atoms with Crippen molar-refractivity contribution in [1.29, 1.82) is 0 Å². The number of nitrogens with two attached hydrogens (primary N) is 2. The monoisotopic (exact) mass is 827 g/mol. The molecule has 0 spiro atoms. The Bertz CT molecular complexity index is 1720. The number of unbranched alkanes of at least 4 members (excludes halogenated alkanes) is 1. The van der Waals surface area contributed by atoms with Crippen molar-refractivity contribution in [2.75, 3.05) is 39.8 Å². The minimum absolute atomic E-state index is 0.00800. The Morgan fingerprint density at radius 1 is 1.00 bits per heavy atom. The molecule has 3 rings (SSSR count). The van der Waals surface area contributed by atoms with Crippen molar-refractivity contribution in [3.63, 3.8) is 0 Å². The van der Waals surface area contributed by atoms with E-state index in [1.165, 1.54) is 59.8 Å². The number of fused-ring (bicyclic) bond motifs is 1. The summed E-state index contributed by atoms with van der Waals surface area (Å²) in [6.45, 7) is 10.9. The zero-order valence-corrected chi connectivity index (χ0v) is 34.7. The minimum atomic E-state index is -5.55. The van der Waals surface area contributed by atoms with E-state index in [9.17, 15) is 33.3 Å². The summed E-state index contributed by atoms with van der Waals surface area (Å²) in [5, 5.41) is 2.75. The molecule has 57 heavy (non-hydrogen) atoms. The van der Waals surface area contributed by atoms with Crippen molar-refractivity contribution >= 4 is 48.7 Å². The third-order valence-electron chi connectivity index (χ3n) is 9.67. The number of imide groups is 1. The molecule has 4 amide bonds. The maximum absolute atomic E-state index is 16.0. The highest BCUT2D eigenvalue weighted by molar-refractivity contribution is 7.54. The number of primary amides is 1. The van der Waals surface area contributed by atoms with Gasteiger partial charge in [-0.05, 0) is 72.4 Å². The summed E-state index contributed by atoms with van der Waals surface area (Å²) < 4.78 is 65.2. The van der Waals surface area contributed by atoms with Gasteiger partial charge in [-0.15, -0.1) is 0 Å². The largest absolute Gasteiger partial charge is 0.438 e. The molecule has 2 fully saturated rings. The van der Waals surface area contributed by atoms with Crippen molar-refractivity contribution in [2.24, 2.45) is 28.2 Å². The zero-order chi connectivity index (χ0) is 43.1. The molecule has 0 aliphatic carbocycles. The number of piperidine rings is 1. The van der Waals surface area contributed by atoms with Gasteiger partial charge < -0.3 is 26.3 Å². The number of halogens is 2. The molecule has 0 radical (unpaired) electrons. The lowest BCUT2D eigenvalue weighted by molar-refractivity contribution is -0.163. The van der Waals surface area contributed by atoms with Crippen molar-refractivity contribution in [2.45, 2.75) is 98.3 Å². The molecule has 1 aromatic carbocycles. The predicted molar refractivity (Wildman–Crippen MR) is 204 cm³/mol. The van der Waals surface area contributed by atoms with Crippen molar-refractivity contribution in [1.82, 2.24) is 15.1 Å². The molecule has 318 valence electrons. The van der Waals surface area contributed by atoms with Gasteiger partial charge in [0.1, 0.15) is 5.54 Å². The van der Waals surface area contributed by atoms with E-state index >= 15 is 8.78 Å². The number of ether oxygens (including phenoxy) is 2. The summed E-state index contributed by atoms with van der Waals surface area (Å²) in [7, 11) is -5.55. The lowest BCUT2D eigenvalue weighted by Crippen LogP contribution is -2.55. The number of hydrogen-bond acceptors (Lipinski definition) is 13. The number of amides is 4. The van der Waals surface area contributed by atoms with Crippen LogP contribution in [0.2, 0.25) is 0 Å². The lowest BCUT2D eigenvalue weighted by Gasteiger charge is -2.28. The van der Waals surface area contributed by atoms with Crippen LogP contribution < -0.4 is 16.8 Å². The number of Topliss-reactive ketones (excluding diaryl/α,β-unsaturated/α-hetero) is 1. The Morgan fingerprint density at radius 2 is 1.54 bits per heavy atom. The number of carbonyl (C=O) groups is 6. The number of nitrogens with one attached hydrogen (secondary N) is 1. The number of allylic oxidation sites excluding steroid dienone is 1. The highest BCUT2D eigenvalue weighted by Gasteiger charge is 2.70. The molecular weight excluding hydrogens is 771 g/mol. The molecule has 2 saturated heterocycles. The van der Waals surface area contributed by atoms with E-state index in [-0.39, 0.29) is 31.8 Å². The van der Waals surface area contributed by atoms with Crippen LogP contribution in [-0.4, -0.2) is 96.7 Å². The van der Waals surface area contributed by atoms with Gasteiger partial charge in [0.15, 0.2) is 5.78 Å². The van der Waals surface area contributed by atoms with Gasteiger partial charge in [-0.2, -0.15) is 8.78 Å². The topological polar surface area (TPSA) is 227 Å². The molecule has 2 heterocycles. The summed E-state index contributed by atoms with van der Waals surface area (Å²) in [5.74, 6) is -4.04. The van der Waals surface area contributed by atoms with Gasteiger partial charge in [0.25, 0.3) is 5.91 Å². The van der Waals surface area contributed by atoms with E-state index in [0.29, 0.717) is 36.9 Å². The number of urea groups is 1. The van der Waals surface area contributed by atoms with Crippen LogP contribution in [0.1, 0.15) is 92.2 Å². The number of nitrogens with zero attached hydrogens (tertiary/aromatic N) is 2. The van der Waals surface area contributed by atoms with E-state index in [0.717, 1.165) is 17.0 Å². The average Bonchev–Trinajstić information content (AvgIpc) is 3.74. The molecule has 2 unspecified atom stereocenters. The maximum atomic E-state index is 16.0. The fraction of sp³-hybridized carbons (Fsp3) is 0.632. The smallest absolute Gasteiger partial charge is 0.410 e. The molecule has 4 atom stereocenters. The van der Waals surface area contributed by atoms with E-state index in [1.54, 1.807) is 11.8 Å². The number of esters is 2. The summed E-state index contributed by atoms with van der Waals surface area (Å²) in [5.41, 5.74) is 3.23. The van der Waals surface area contributed by atoms with Gasteiger partial charge in [-0.1, -0.05) is 44.0 Å². The Labute approximate surface area is 331 Å². The predicted octanol–water partition coefficient (Wildman–Crippen LogP) is 4.64. The fourth-order valence-corrected chi connectivity index (χ4v) is 7.49. The first-order chi connectivity index (χ1) is 26.4. The van der Waals surface area contributed by atoms with E-state index in [1.807, 2.05) is 6.92 Å². The number of ketones is 1. The molecule has 2 aliphatic rings. The van der Waals surface area contributed by atoms with Crippen LogP contribution in [-0.2, 0) is 52.7 Å².